The molecular weight excluding hydrogens is 342 g/mol. The minimum atomic E-state index is -1.82. The van der Waals surface area contributed by atoms with Gasteiger partial charge in [0.15, 0.2) is 11.4 Å². The van der Waals surface area contributed by atoms with Crippen molar-refractivity contribution in [3.05, 3.63) is 59.7 Å². The van der Waals surface area contributed by atoms with Gasteiger partial charge in [-0.1, -0.05) is 31.5 Å². The number of hydrogen-bond acceptors (Lipinski definition) is 4. The molecule has 142 valence electrons. The van der Waals surface area contributed by atoms with Crippen LogP contribution in [0.5, 0.6) is 5.75 Å². The van der Waals surface area contributed by atoms with Gasteiger partial charge < -0.3 is 14.7 Å². The van der Waals surface area contributed by atoms with Crippen molar-refractivity contribution in [3.8, 4) is 5.75 Å². The Balaban J connectivity index is 1.86. The van der Waals surface area contributed by atoms with Crippen LogP contribution in [0.3, 0.4) is 0 Å². The third-order valence-electron chi connectivity index (χ3n) is 4.88. The van der Waals surface area contributed by atoms with E-state index in [9.17, 15) is 14.7 Å². The topological polar surface area (TPSA) is 66.8 Å². The third kappa shape index (κ3) is 3.60. The van der Waals surface area contributed by atoms with Gasteiger partial charge in [-0.3, -0.25) is 9.59 Å². The average molecular weight is 367 g/mol. The van der Waals surface area contributed by atoms with Crippen molar-refractivity contribution in [1.82, 2.24) is 0 Å². The van der Waals surface area contributed by atoms with Crippen LogP contribution in [0.4, 0.5) is 5.69 Å². The number of anilines is 1. The molecule has 2 aromatic carbocycles. The van der Waals surface area contributed by atoms with E-state index >= 15 is 0 Å². The van der Waals surface area contributed by atoms with E-state index in [0.717, 1.165) is 12.8 Å². The van der Waals surface area contributed by atoms with E-state index in [-0.39, 0.29) is 12.2 Å². The molecule has 27 heavy (non-hydrogen) atoms. The molecule has 0 spiro atoms. The fourth-order valence-electron chi connectivity index (χ4n) is 3.45. The van der Waals surface area contributed by atoms with Gasteiger partial charge in [0.2, 0.25) is 0 Å². The second-order valence-corrected chi connectivity index (χ2v) is 6.75. The Kier molecular flexibility index (Phi) is 5.61. The van der Waals surface area contributed by atoms with Crippen LogP contribution in [0.15, 0.2) is 48.5 Å². The Bertz CT molecular complexity index is 830. The van der Waals surface area contributed by atoms with Gasteiger partial charge in [-0.2, -0.15) is 0 Å². The summed E-state index contributed by atoms with van der Waals surface area (Å²) in [6.07, 6.45) is 1.50. The van der Waals surface area contributed by atoms with Crippen LogP contribution in [-0.4, -0.2) is 29.9 Å². The zero-order valence-electron chi connectivity index (χ0n) is 15.8. The minimum absolute atomic E-state index is 0.277. The monoisotopic (exact) mass is 367 g/mol. The number of Topliss-reactive ketones (excluding diaryl/α,β-unsaturated/α-hetero) is 1. The quantitative estimate of drug-likeness (QED) is 0.723. The van der Waals surface area contributed by atoms with Crippen molar-refractivity contribution in [2.75, 3.05) is 18.1 Å². The minimum Gasteiger partial charge on any atom is -0.494 e. The number of ether oxygens (including phenoxy) is 1. The molecule has 0 unspecified atom stereocenters. The first-order chi connectivity index (χ1) is 13.0. The van der Waals surface area contributed by atoms with Crippen LogP contribution in [0, 0.1) is 0 Å². The molecule has 5 nitrogen and oxygen atoms in total. The van der Waals surface area contributed by atoms with Crippen molar-refractivity contribution in [1.29, 1.82) is 0 Å². The Morgan fingerprint density at radius 1 is 1.11 bits per heavy atom. The van der Waals surface area contributed by atoms with Gasteiger partial charge in [-0.05, 0) is 43.7 Å². The van der Waals surface area contributed by atoms with Gasteiger partial charge >= 0.3 is 0 Å². The van der Waals surface area contributed by atoms with E-state index in [1.54, 1.807) is 41.3 Å². The fourth-order valence-corrected chi connectivity index (χ4v) is 3.45. The fraction of sp³-hybridized carbons (Fsp3) is 0.364. The number of rotatable bonds is 8. The largest absolute Gasteiger partial charge is 0.494 e. The summed E-state index contributed by atoms with van der Waals surface area (Å²) >= 11 is 0. The van der Waals surface area contributed by atoms with E-state index in [2.05, 4.69) is 0 Å². The van der Waals surface area contributed by atoms with E-state index in [1.807, 2.05) is 26.0 Å². The van der Waals surface area contributed by atoms with Crippen LogP contribution in [0.25, 0.3) is 0 Å². The molecule has 1 N–H and O–H groups in total. The number of amides is 1. The van der Waals surface area contributed by atoms with Gasteiger partial charge in [0.05, 0.1) is 18.7 Å². The maximum atomic E-state index is 13.0. The number of unbranched alkanes of at least 4 members (excludes halogenated alkanes) is 1. The van der Waals surface area contributed by atoms with Crippen LogP contribution in [0.2, 0.25) is 0 Å². The van der Waals surface area contributed by atoms with Crippen LogP contribution in [0.1, 0.15) is 49.0 Å². The van der Waals surface area contributed by atoms with Gasteiger partial charge in [-0.15, -0.1) is 0 Å². The number of carbonyl (C=O) groups excluding carboxylic acids is 2. The zero-order chi connectivity index (χ0) is 19.4. The van der Waals surface area contributed by atoms with Crippen molar-refractivity contribution < 1.29 is 19.4 Å². The predicted octanol–water partition coefficient (Wildman–Crippen LogP) is 3.69. The van der Waals surface area contributed by atoms with Crippen molar-refractivity contribution in [3.63, 3.8) is 0 Å². The Morgan fingerprint density at radius 3 is 2.48 bits per heavy atom. The Labute approximate surface area is 159 Å². The first-order valence-corrected chi connectivity index (χ1v) is 9.41. The molecule has 5 heteroatoms. The average Bonchev–Trinajstić information content (AvgIpc) is 2.88. The predicted molar refractivity (Wildman–Crippen MR) is 104 cm³/mol. The normalized spacial score (nSPS) is 18.5. The molecule has 2 aromatic rings. The van der Waals surface area contributed by atoms with E-state index < -0.39 is 11.5 Å². The number of para-hydroxylation sites is 1. The van der Waals surface area contributed by atoms with Crippen molar-refractivity contribution in [2.24, 2.45) is 0 Å². The molecule has 3 rings (SSSR count). The first-order valence-electron chi connectivity index (χ1n) is 9.41. The number of carbonyl (C=O) groups is 2. The summed E-state index contributed by atoms with van der Waals surface area (Å²) in [6.45, 7) is 5.02. The molecule has 1 heterocycles. The lowest BCUT2D eigenvalue weighted by Gasteiger charge is -2.22. The first kappa shape index (κ1) is 19.1. The summed E-state index contributed by atoms with van der Waals surface area (Å²) in [4.78, 5) is 27.4. The number of fused-ring (bicyclic) bond motifs is 1. The molecular formula is C22H25NO4. The SMILES string of the molecule is CCCCN1C(=O)[C@@](O)(CC(=O)c2ccc(OCC)cc2)c2ccccc21. The summed E-state index contributed by atoms with van der Waals surface area (Å²) in [5.41, 5.74) is -0.174. The summed E-state index contributed by atoms with van der Waals surface area (Å²) in [5.74, 6) is -0.0155. The van der Waals surface area contributed by atoms with Crippen LogP contribution >= 0.6 is 0 Å². The second-order valence-electron chi connectivity index (χ2n) is 6.75. The highest BCUT2D eigenvalue weighted by atomic mass is 16.5. The molecule has 0 bridgehead atoms. The van der Waals surface area contributed by atoms with Crippen LogP contribution in [-0.2, 0) is 10.4 Å². The summed E-state index contributed by atoms with van der Waals surface area (Å²) in [7, 11) is 0. The molecule has 1 aliphatic rings. The molecule has 0 aromatic heterocycles. The molecule has 1 amide bonds. The molecule has 0 saturated heterocycles. The molecule has 0 radical (unpaired) electrons. The molecule has 0 saturated carbocycles. The standard InChI is InChI=1S/C22H25NO4/c1-3-5-14-23-19-9-7-6-8-18(19)22(26,21(23)25)15-20(24)16-10-12-17(13-11-16)27-4-2/h6-13,26H,3-5,14-15H2,1-2H3/t22-/m1/s1. The second kappa shape index (κ2) is 7.92. The number of ketones is 1. The molecule has 1 atom stereocenters. The Hall–Kier alpha value is -2.66. The molecule has 1 aliphatic heterocycles. The molecule has 0 aliphatic carbocycles. The smallest absolute Gasteiger partial charge is 0.264 e. The lowest BCUT2D eigenvalue weighted by molar-refractivity contribution is -0.135. The summed E-state index contributed by atoms with van der Waals surface area (Å²) < 4.78 is 5.39. The van der Waals surface area contributed by atoms with Gasteiger partial charge in [0.25, 0.3) is 5.91 Å². The maximum absolute atomic E-state index is 13.0. The lowest BCUT2D eigenvalue weighted by atomic mass is 9.88. The number of benzene rings is 2. The van der Waals surface area contributed by atoms with Crippen LogP contribution < -0.4 is 9.64 Å². The highest BCUT2D eigenvalue weighted by Crippen LogP contribution is 2.42. The van der Waals surface area contributed by atoms with Gasteiger partial charge in [-0.25, -0.2) is 0 Å². The highest BCUT2D eigenvalue weighted by molar-refractivity contribution is 6.10. The number of nitrogens with zero attached hydrogens (tertiary/aromatic N) is 1. The third-order valence-corrected chi connectivity index (χ3v) is 4.88. The van der Waals surface area contributed by atoms with Crippen molar-refractivity contribution in [2.45, 2.75) is 38.7 Å². The molecule has 0 fully saturated rings. The van der Waals surface area contributed by atoms with Gasteiger partial charge in [0.1, 0.15) is 5.75 Å². The maximum Gasteiger partial charge on any atom is 0.264 e. The van der Waals surface area contributed by atoms with E-state index in [0.29, 0.717) is 35.7 Å². The zero-order valence-corrected chi connectivity index (χ0v) is 15.8. The number of aliphatic hydroxyl groups is 1. The summed E-state index contributed by atoms with van der Waals surface area (Å²) in [5, 5.41) is 11.2. The van der Waals surface area contributed by atoms with Crippen molar-refractivity contribution >= 4 is 17.4 Å². The number of hydrogen-bond donors (Lipinski definition) is 1. The lowest BCUT2D eigenvalue weighted by Crippen LogP contribution is -2.42. The Morgan fingerprint density at radius 2 is 1.81 bits per heavy atom. The van der Waals surface area contributed by atoms with Gasteiger partial charge in [0, 0.05) is 17.7 Å². The summed E-state index contributed by atoms with van der Waals surface area (Å²) in [6, 6.07) is 13.9. The van der Waals surface area contributed by atoms with E-state index in [1.165, 1.54) is 0 Å². The van der Waals surface area contributed by atoms with E-state index in [4.69, 9.17) is 4.74 Å². The highest BCUT2D eigenvalue weighted by Gasteiger charge is 2.50.